The van der Waals surface area contributed by atoms with Gasteiger partial charge in [0, 0.05) is 13.2 Å². The molecule has 0 aromatic carbocycles. The predicted molar refractivity (Wildman–Crippen MR) is 56.0 cm³/mol. The van der Waals surface area contributed by atoms with Gasteiger partial charge >= 0.3 is 0 Å². The highest BCUT2D eigenvalue weighted by Crippen LogP contribution is 2.20. The highest BCUT2D eigenvalue weighted by Gasteiger charge is 2.22. The van der Waals surface area contributed by atoms with E-state index in [0.717, 1.165) is 6.42 Å². The number of hydrogen-bond donors (Lipinski definition) is 1. The zero-order chi connectivity index (χ0) is 9.73. The normalized spacial score (nSPS) is 25.6. The fourth-order valence-corrected chi connectivity index (χ4v) is 1.95. The van der Waals surface area contributed by atoms with Gasteiger partial charge in [-0.25, -0.2) is 0 Å². The van der Waals surface area contributed by atoms with Crippen LogP contribution in [0.1, 0.15) is 46.0 Å². The van der Waals surface area contributed by atoms with Gasteiger partial charge < -0.3 is 10.1 Å². The van der Waals surface area contributed by atoms with Crippen LogP contribution in [0, 0.1) is 0 Å². The van der Waals surface area contributed by atoms with Crippen LogP contribution in [0.25, 0.3) is 0 Å². The molecule has 1 rings (SSSR count). The Morgan fingerprint density at radius 3 is 2.77 bits per heavy atom. The molecule has 0 aliphatic carbocycles. The van der Waals surface area contributed by atoms with Crippen molar-refractivity contribution in [2.75, 3.05) is 13.7 Å². The van der Waals surface area contributed by atoms with Crippen LogP contribution < -0.4 is 5.32 Å². The summed E-state index contributed by atoms with van der Waals surface area (Å²) in [6.07, 6.45) is 6.54. The van der Waals surface area contributed by atoms with Gasteiger partial charge in [0.15, 0.2) is 0 Å². The maximum Gasteiger partial charge on any atom is 0.0637 e. The molecule has 1 aliphatic rings. The van der Waals surface area contributed by atoms with Crippen molar-refractivity contribution >= 4 is 0 Å². The first-order chi connectivity index (χ1) is 6.14. The van der Waals surface area contributed by atoms with E-state index >= 15 is 0 Å². The molecule has 0 bridgehead atoms. The zero-order valence-corrected chi connectivity index (χ0v) is 9.23. The quantitative estimate of drug-likeness (QED) is 0.728. The summed E-state index contributed by atoms with van der Waals surface area (Å²) in [5.41, 5.74) is 0.0298. The van der Waals surface area contributed by atoms with Gasteiger partial charge in [0.25, 0.3) is 0 Å². The van der Waals surface area contributed by atoms with Crippen molar-refractivity contribution in [3.63, 3.8) is 0 Å². The van der Waals surface area contributed by atoms with Crippen molar-refractivity contribution in [3.8, 4) is 0 Å². The first kappa shape index (κ1) is 11.0. The molecule has 1 heterocycles. The van der Waals surface area contributed by atoms with Crippen molar-refractivity contribution in [1.82, 2.24) is 5.32 Å². The molecule has 0 spiro atoms. The minimum atomic E-state index is 0.0298. The zero-order valence-electron chi connectivity index (χ0n) is 9.23. The molecular weight excluding hydrogens is 162 g/mol. The minimum Gasteiger partial charge on any atom is -0.379 e. The van der Waals surface area contributed by atoms with E-state index in [2.05, 4.69) is 19.2 Å². The SMILES string of the molecule is COC(C)(C)CC1CCCCCN1. The Morgan fingerprint density at radius 2 is 2.08 bits per heavy atom. The second-order valence-corrected chi connectivity index (χ2v) is 4.67. The van der Waals surface area contributed by atoms with E-state index in [1.807, 2.05) is 0 Å². The Morgan fingerprint density at radius 1 is 1.31 bits per heavy atom. The predicted octanol–water partition coefficient (Wildman–Crippen LogP) is 2.33. The van der Waals surface area contributed by atoms with Gasteiger partial charge in [-0.1, -0.05) is 12.8 Å². The van der Waals surface area contributed by atoms with Crippen LogP contribution in [0.2, 0.25) is 0 Å². The summed E-state index contributed by atoms with van der Waals surface area (Å²) in [6.45, 7) is 5.52. The number of rotatable bonds is 3. The van der Waals surface area contributed by atoms with Crippen molar-refractivity contribution in [2.24, 2.45) is 0 Å². The minimum absolute atomic E-state index is 0.0298. The van der Waals surface area contributed by atoms with Gasteiger partial charge in [-0.05, 0) is 39.7 Å². The standard InChI is InChI=1S/C11H23NO/c1-11(2,13-3)9-10-7-5-4-6-8-12-10/h10,12H,4-9H2,1-3H3. The van der Waals surface area contributed by atoms with Crippen LogP contribution in [0.15, 0.2) is 0 Å². The summed E-state index contributed by atoms with van der Waals surface area (Å²) in [7, 11) is 1.80. The van der Waals surface area contributed by atoms with E-state index in [1.165, 1.54) is 32.2 Å². The third-order valence-corrected chi connectivity index (χ3v) is 2.95. The molecule has 1 fully saturated rings. The van der Waals surface area contributed by atoms with Gasteiger partial charge in [0.1, 0.15) is 0 Å². The lowest BCUT2D eigenvalue weighted by Crippen LogP contribution is -2.37. The number of nitrogens with one attached hydrogen (secondary N) is 1. The molecule has 2 nitrogen and oxygen atoms in total. The van der Waals surface area contributed by atoms with Crippen LogP contribution in [0.3, 0.4) is 0 Å². The highest BCUT2D eigenvalue weighted by molar-refractivity contribution is 4.79. The van der Waals surface area contributed by atoms with E-state index in [-0.39, 0.29) is 5.60 Å². The summed E-state index contributed by atoms with van der Waals surface area (Å²) in [4.78, 5) is 0. The van der Waals surface area contributed by atoms with Crippen molar-refractivity contribution in [1.29, 1.82) is 0 Å². The van der Waals surface area contributed by atoms with E-state index in [0.29, 0.717) is 6.04 Å². The molecule has 0 radical (unpaired) electrons. The van der Waals surface area contributed by atoms with Gasteiger partial charge in [-0.2, -0.15) is 0 Å². The first-order valence-electron chi connectivity index (χ1n) is 5.42. The van der Waals surface area contributed by atoms with Crippen LogP contribution in [0.4, 0.5) is 0 Å². The number of ether oxygens (including phenoxy) is 1. The summed E-state index contributed by atoms with van der Waals surface area (Å²) in [6, 6.07) is 0.664. The van der Waals surface area contributed by atoms with Crippen molar-refractivity contribution < 1.29 is 4.74 Å². The Labute approximate surface area is 82.0 Å². The third-order valence-electron chi connectivity index (χ3n) is 2.95. The van der Waals surface area contributed by atoms with Crippen LogP contribution in [0.5, 0.6) is 0 Å². The van der Waals surface area contributed by atoms with Gasteiger partial charge in [-0.3, -0.25) is 0 Å². The second-order valence-electron chi connectivity index (χ2n) is 4.67. The summed E-state index contributed by atoms with van der Waals surface area (Å²) >= 11 is 0. The average molecular weight is 185 g/mol. The Bertz CT molecular complexity index is 137. The maximum absolute atomic E-state index is 5.44. The molecule has 78 valence electrons. The van der Waals surface area contributed by atoms with Crippen molar-refractivity contribution in [2.45, 2.75) is 57.6 Å². The summed E-state index contributed by atoms with van der Waals surface area (Å²) in [5.74, 6) is 0. The topological polar surface area (TPSA) is 21.3 Å². The van der Waals surface area contributed by atoms with E-state index < -0.39 is 0 Å². The molecule has 0 aromatic rings. The van der Waals surface area contributed by atoms with E-state index in [1.54, 1.807) is 7.11 Å². The van der Waals surface area contributed by atoms with E-state index in [4.69, 9.17) is 4.74 Å². The highest BCUT2D eigenvalue weighted by atomic mass is 16.5. The van der Waals surface area contributed by atoms with Crippen LogP contribution in [-0.2, 0) is 4.74 Å². The summed E-state index contributed by atoms with van der Waals surface area (Å²) < 4.78 is 5.44. The molecule has 0 aromatic heterocycles. The molecule has 1 unspecified atom stereocenters. The van der Waals surface area contributed by atoms with Crippen LogP contribution in [-0.4, -0.2) is 25.3 Å². The van der Waals surface area contributed by atoms with Gasteiger partial charge in [0.05, 0.1) is 5.60 Å². The van der Waals surface area contributed by atoms with Crippen LogP contribution >= 0.6 is 0 Å². The fourth-order valence-electron chi connectivity index (χ4n) is 1.95. The second kappa shape index (κ2) is 4.97. The largest absolute Gasteiger partial charge is 0.379 e. The van der Waals surface area contributed by atoms with Gasteiger partial charge in [0.2, 0.25) is 0 Å². The molecule has 2 heteroatoms. The maximum atomic E-state index is 5.44. The number of methoxy groups -OCH3 is 1. The lowest BCUT2D eigenvalue weighted by atomic mass is 9.96. The third kappa shape index (κ3) is 4.10. The molecule has 1 atom stereocenters. The lowest BCUT2D eigenvalue weighted by molar-refractivity contribution is 0.00679. The average Bonchev–Trinajstić information content (AvgIpc) is 2.32. The Balaban J connectivity index is 2.33. The van der Waals surface area contributed by atoms with E-state index in [9.17, 15) is 0 Å². The molecule has 0 saturated carbocycles. The first-order valence-corrected chi connectivity index (χ1v) is 5.42. The fraction of sp³-hybridized carbons (Fsp3) is 1.00. The number of hydrogen-bond acceptors (Lipinski definition) is 2. The lowest BCUT2D eigenvalue weighted by Gasteiger charge is -2.28. The molecular formula is C11H23NO. The molecule has 1 N–H and O–H groups in total. The molecule has 0 amide bonds. The van der Waals surface area contributed by atoms with Crippen molar-refractivity contribution in [3.05, 3.63) is 0 Å². The smallest absolute Gasteiger partial charge is 0.0637 e. The molecule has 1 saturated heterocycles. The summed E-state index contributed by atoms with van der Waals surface area (Å²) in [5, 5.41) is 3.59. The monoisotopic (exact) mass is 185 g/mol. The molecule has 13 heavy (non-hydrogen) atoms. The van der Waals surface area contributed by atoms with Gasteiger partial charge in [-0.15, -0.1) is 0 Å². The Kier molecular flexibility index (Phi) is 4.20. The Hall–Kier alpha value is -0.0800. The molecule has 1 aliphatic heterocycles.